The molecule has 1 atom stereocenters. The van der Waals surface area contributed by atoms with Gasteiger partial charge in [0, 0.05) is 18.0 Å². The van der Waals surface area contributed by atoms with Crippen LogP contribution in [0.15, 0.2) is 18.2 Å². The van der Waals surface area contributed by atoms with Gasteiger partial charge in [-0.1, -0.05) is 18.6 Å². The summed E-state index contributed by atoms with van der Waals surface area (Å²) in [6, 6.07) is 5.99. The molecule has 1 aliphatic heterocycles. The maximum Gasteiger partial charge on any atom is 0.304 e. The molecular weight excluding hydrogens is 302 g/mol. The van der Waals surface area contributed by atoms with Gasteiger partial charge in [-0.25, -0.2) is 0 Å². The molecule has 1 aliphatic carbocycles. The Morgan fingerprint density at radius 1 is 1.00 bits per heavy atom. The van der Waals surface area contributed by atoms with E-state index in [-0.39, 0.29) is 12.2 Å². The molecule has 1 saturated heterocycles. The van der Waals surface area contributed by atoms with Gasteiger partial charge in [0.1, 0.15) is 0 Å². The van der Waals surface area contributed by atoms with Crippen molar-refractivity contribution in [3.8, 4) is 0 Å². The van der Waals surface area contributed by atoms with Gasteiger partial charge in [-0.05, 0) is 68.8 Å². The molecular formula is C20H27NO3. The maximum absolute atomic E-state index is 12.9. The molecule has 1 heterocycles. The van der Waals surface area contributed by atoms with Crippen molar-refractivity contribution in [2.24, 2.45) is 5.92 Å². The van der Waals surface area contributed by atoms with Crippen LogP contribution in [0.25, 0.3) is 0 Å². The molecule has 1 N–H and O–H groups in total. The number of piperidine rings is 1. The van der Waals surface area contributed by atoms with Gasteiger partial charge in [0.2, 0.25) is 0 Å². The van der Waals surface area contributed by atoms with E-state index in [1.165, 1.54) is 30.4 Å². The van der Waals surface area contributed by atoms with Crippen LogP contribution in [-0.4, -0.2) is 41.4 Å². The van der Waals surface area contributed by atoms with Crippen molar-refractivity contribution in [2.45, 2.75) is 51.4 Å². The number of fused-ring (bicyclic) bond motifs is 1. The summed E-state index contributed by atoms with van der Waals surface area (Å²) in [5.74, 6) is -1.33. The topological polar surface area (TPSA) is 57.6 Å². The van der Waals surface area contributed by atoms with E-state index in [0.29, 0.717) is 12.1 Å². The minimum atomic E-state index is -0.886. The van der Waals surface area contributed by atoms with E-state index >= 15 is 0 Å². The van der Waals surface area contributed by atoms with Crippen molar-refractivity contribution >= 4 is 11.8 Å². The second-order valence-electron chi connectivity index (χ2n) is 7.21. The normalized spacial score (nSPS) is 19.5. The number of rotatable bonds is 6. The maximum atomic E-state index is 12.9. The van der Waals surface area contributed by atoms with Crippen molar-refractivity contribution in [1.29, 1.82) is 0 Å². The highest BCUT2D eigenvalue weighted by Gasteiger charge is 2.26. The fraction of sp³-hybridized carbons (Fsp3) is 0.600. The quantitative estimate of drug-likeness (QED) is 0.813. The third-order valence-electron chi connectivity index (χ3n) is 5.35. The zero-order valence-electron chi connectivity index (χ0n) is 14.3. The summed E-state index contributed by atoms with van der Waals surface area (Å²) in [5.41, 5.74) is 3.32. The Hall–Kier alpha value is -1.68. The third kappa shape index (κ3) is 4.23. The minimum absolute atomic E-state index is 0.00338. The van der Waals surface area contributed by atoms with E-state index < -0.39 is 11.9 Å². The number of carboxylic acids is 1. The van der Waals surface area contributed by atoms with Gasteiger partial charge in [-0.15, -0.1) is 0 Å². The molecule has 24 heavy (non-hydrogen) atoms. The number of aryl methyl sites for hydroxylation is 2. The summed E-state index contributed by atoms with van der Waals surface area (Å²) in [7, 11) is 0. The van der Waals surface area contributed by atoms with Gasteiger partial charge >= 0.3 is 5.97 Å². The van der Waals surface area contributed by atoms with E-state index in [1.807, 2.05) is 12.1 Å². The largest absolute Gasteiger partial charge is 0.481 e. The molecule has 0 spiro atoms. The van der Waals surface area contributed by atoms with Gasteiger partial charge in [0.15, 0.2) is 5.78 Å². The van der Waals surface area contributed by atoms with Gasteiger partial charge in [-0.2, -0.15) is 0 Å². The molecule has 3 rings (SSSR count). The molecule has 2 aliphatic rings. The van der Waals surface area contributed by atoms with E-state index in [2.05, 4.69) is 11.0 Å². The Bertz CT molecular complexity index is 605. The van der Waals surface area contributed by atoms with E-state index in [0.717, 1.165) is 38.8 Å². The molecule has 130 valence electrons. The Balaban J connectivity index is 1.75. The van der Waals surface area contributed by atoms with Crippen molar-refractivity contribution in [3.63, 3.8) is 0 Å². The highest BCUT2D eigenvalue weighted by atomic mass is 16.4. The van der Waals surface area contributed by atoms with Crippen LogP contribution in [0.3, 0.4) is 0 Å². The number of hydrogen-bond acceptors (Lipinski definition) is 3. The Kier molecular flexibility index (Phi) is 5.67. The Morgan fingerprint density at radius 3 is 2.42 bits per heavy atom. The smallest absolute Gasteiger partial charge is 0.304 e. The molecule has 4 nitrogen and oxygen atoms in total. The fourth-order valence-corrected chi connectivity index (χ4v) is 4.03. The van der Waals surface area contributed by atoms with E-state index in [9.17, 15) is 14.7 Å². The monoisotopic (exact) mass is 329 g/mol. The van der Waals surface area contributed by atoms with Crippen LogP contribution < -0.4 is 0 Å². The van der Waals surface area contributed by atoms with Crippen LogP contribution in [-0.2, 0) is 17.6 Å². The van der Waals surface area contributed by atoms with E-state index in [4.69, 9.17) is 0 Å². The number of carbonyl (C=O) groups is 2. The zero-order chi connectivity index (χ0) is 16.9. The molecule has 1 fully saturated rings. The predicted molar refractivity (Wildman–Crippen MR) is 93.4 cm³/mol. The van der Waals surface area contributed by atoms with Crippen molar-refractivity contribution in [2.75, 3.05) is 19.6 Å². The fourth-order valence-electron chi connectivity index (χ4n) is 4.03. The van der Waals surface area contributed by atoms with Crippen LogP contribution in [0, 0.1) is 5.92 Å². The molecule has 0 aromatic heterocycles. The van der Waals surface area contributed by atoms with Crippen LogP contribution in [0.2, 0.25) is 0 Å². The van der Waals surface area contributed by atoms with Gasteiger partial charge in [-0.3, -0.25) is 9.59 Å². The lowest BCUT2D eigenvalue weighted by Gasteiger charge is -2.29. The number of benzene rings is 1. The predicted octanol–water partition coefficient (Wildman–Crippen LogP) is 3.32. The summed E-state index contributed by atoms with van der Waals surface area (Å²) in [6.45, 7) is 2.53. The standard InChI is InChI=1S/C20H27NO3/c22-19(23)13-18(14-21-10-4-1-5-11-21)20(24)17-9-8-15-6-2-3-7-16(15)12-17/h8-9,12,18H,1-7,10-11,13-14H2,(H,22,23). The lowest BCUT2D eigenvalue weighted by Crippen LogP contribution is -2.37. The summed E-state index contributed by atoms with van der Waals surface area (Å²) in [4.78, 5) is 26.5. The summed E-state index contributed by atoms with van der Waals surface area (Å²) >= 11 is 0. The first-order valence-corrected chi connectivity index (χ1v) is 9.23. The summed E-state index contributed by atoms with van der Waals surface area (Å²) in [6.07, 6.45) is 7.97. The number of likely N-dealkylation sites (tertiary alicyclic amines) is 1. The van der Waals surface area contributed by atoms with Crippen molar-refractivity contribution < 1.29 is 14.7 Å². The van der Waals surface area contributed by atoms with Crippen LogP contribution in [0.1, 0.15) is 60.0 Å². The average molecular weight is 329 g/mol. The highest BCUT2D eigenvalue weighted by Crippen LogP contribution is 2.24. The number of Topliss-reactive ketones (excluding diaryl/α,β-unsaturated/α-hetero) is 1. The molecule has 0 amide bonds. The third-order valence-corrected chi connectivity index (χ3v) is 5.35. The highest BCUT2D eigenvalue weighted by molar-refractivity contribution is 5.99. The lowest BCUT2D eigenvalue weighted by molar-refractivity contribution is -0.137. The summed E-state index contributed by atoms with van der Waals surface area (Å²) < 4.78 is 0. The molecule has 1 aromatic rings. The second-order valence-corrected chi connectivity index (χ2v) is 7.21. The number of carbonyl (C=O) groups excluding carboxylic acids is 1. The Labute approximate surface area is 143 Å². The molecule has 1 unspecified atom stereocenters. The average Bonchev–Trinajstić information content (AvgIpc) is 2.60. The van der Waals surface area contributed by atoms with E-state index in [1.54, 1.807) is 0 Å². The molecule has 4 heteroatoms. The SMILES string of the molecule is O=C(O)CC(CN1CCCCC1)C(=O)c1ccc2c(c1)CCCC2. The Morgan fingerprint density at radius 2 is 1.71 bits per heavy atom. The second kappa shape index (κ2) is 7.93. The number of carboxylic acid groups (broad SMARTS) is 1. The molecule has 0 saturated carbocycles. The van der Waals surface area contributed by atoms with Gasteiger partial charge in [0.05, 0.1) is 6.42 Å². The molecule has 0 bridgehead atoms. The van der Waals surface area contributed by atoms with Crippen molar-refractivity contribution in [3.05, 3.63) is 34.9 Å². The number of ketones is 1. The number of aliphatic carboxylic acids is 1. The molecule has 1 aromatic carbocycles. The first kappa shape index (κ1) is 17.2. The van der Waals surface area contributed by atoms with Crippen LogP contribution in [0.5, 0.6) is 0 Å². The van der Waals surface area contributed by atoms with Gasteiger partial charge < -0.3 is 10.0 Å². The first-order valence-electron chi connectivity index (χ1n) is 9.23. The molecule has 0 radical (unpaired) electrons. The zero-order valence-corrected chi connectivity index (χ0v) is 14.3. The van der Waals surface area contributed by atoms with Crippen molar-refractivity contribution in [1.82, 2.24) is 4.90 Å². The lowest BCUT2D eigenvalue weighted by atomic mass is 9.87. The number of nitrogens with zero attached hydrogens (tertiary/aromatic N) is 1. The van der Waals surface area contributed by atoms with Crippen LogP contribution in [0.4, 0.5) is 0 Å². The minimum Gasteiger partial charge on any atom is -0.481 e. The van der Waals surface area contributed by atoms with Crippen LogP contribution >= 0.6 is 0 Å². The number of hydrogen-bond donors (Lipinski definition) is 1. The first-order chi connectivity index (χ1) is 11.6. The summed E-state index contributed by atoms with van der Waals surface area (Å²) in [5, 5.41) is 9.23. The van der Waals surface area contributed by atoms with Gasteiger partial charge in [0.25, 0.3) is 0 Å².